The Hall–Kier alpha value is -3.83. The van der Waals surface area contributed by atoms with Crippen molar-refractivity contribution in [2.24, 2.45) is 0 Å². The third-order valence-electron chi connectivity index (χ3n) is 6.45. The predicted octanol–water partition coefficient (Wildman–Crippen LogP) is 1.85. The van der Waals surface area contributed by atoms with Crippen LogP contribution in [0.5, 0.6) is 6.01 Å². The van der Waals surface area contributed by atoms with Crippen molar-refractivity contribution in [1.29, 1.82) is 0 Å². The molecule has 0 atom stereocenters. The van der Waals surface area contributed by atoms with Crippen molar-refractivity contribution in [1.82, 2.24) is 14.9 Å². The lowest BCUT2D eigenvalue weighted by Gasteiger charge is -2.37. The Morgan fingerprint density at radius 3 is 2.62 bits per heavy atom. The van der Waals surface area contributed by atoms with Crippen molar-refractivity contribution in [3.63, 3.8) is 0 Å². The number of benzene rings is 2. The van der Waals surface area contributed by atoms with Gasteiger partial charge in [0.15, 0.2) is 0 Å². The van der Waals surface area contributed by atoms with Crippen LogP contribution in [0.1, 0.15) is 11.3 Å². The minimum Gasteiger partial charge on any atom is -0.467 e. The molecule has 2 aliphatic rings. The quantitative estimate of drug-likeness (QED) is 0.601. The number of hydrogen-bond acceptors (Lipinski definition) is 7. The summed E-state index contributed by atoms with van der Waals surface area (Å²) in [6.45, 7) is 3.68. The van der Waals surface area contributed by atoms with Crippen LogP contribution in [0.25, 0.3) is 10.8 Å². The number of anilines is 2. The van der Waals surface area contributed by atoms with Crippen LogP contribution in [0.4, 0.5) is 11.5 Å². The molecule has 0 unspecified atom stereocenters. The molecule has 34 heavy (non-hydrogen) atoms. The summed E-state index contributed by atoms with van der Waals surface area (Å²) in [4.78, 5) is 27.9. The molecule has 1 fully saturated rings. The molecule has 0 saturated carbocycles. The molecule has 0 bridgehead atoms. The topological polar surface area (TPSA) is 82.0 Å². The molecular weight excluding hydrogens is 430 g/mol. The number of aliphatic hydroxyl groups excluding tert-OH is 1. The number of carbonyl (C=O) groups is 1. The predicted molar refractivity (Wildman–Crippen MR) is 131 cm³/mol. The van der Waals surface area contributed by atoms with Gasteiger partial charge in [-0.15, -0.1) is 0 Å². The van der Waals surface area contributed by atoms with E-state index in [1.165, 1.54) is 16.5 Å². The van der Waals surface area contributed by atoms with Gasteiger partial charge in [-0.05, 0) is 23.8 Å². The standard InChI is InChI=1S/C26H27N5O3/c1-34-26-27-22-18-31(23-9-4-7-19-6-2-3-8-20(19)23)12-11-21(22)25(28-26)30-15-13-29(14-16-30)24(33)10-5-17-32/h2-4,6-9,32H,11-18H2,1H3. The van der Waals surface area contributed by atoms with Gasteiger partial charge in [0.1, 0.15) is 12.4 Å². The molecule has 8 nitrogen and oxygen atoms in total. The Kier molecular flexibility index (Phi) is 6.19. The summed E-state index contributed by atoms with van der Waals surface area (Å²) in [6, 6.07) is 15.2. The highest BCUT2D eigenvalue weighted by molar-refractivity contribution is 5.94. The molecule has 1 aromatic heterocycles. The van der Waals surface area contributed by atoms with Crippen LogP contribution < -0.4 is 14.5 Å². The molecule has 1 amide bonds. The zero-order valence-corrected chi connectivity index (χ0v) is 19.2. The minimum absolute atomic E-state index is 0.248. The lowest BCUT2D eigenvalue weighted by atomic mass is 10.0. The highest BCUT2D eigenvalue weighted by Gasteiger charge is 2.28. The highest BCUT2D eigenvalue weighted by atomic mass is 16.5. The first-order valence-corrected chi connectivity index (χ1v) is 11.5. The summed E-state index contributed by atoms with van der Waals surface area (Å²) in [7, 11) is 1.59. The summed E-state index contributed by atoms with van der Waals surface area (Å²) in [5.41, 5.74) is 3.34. The Balaban J connectivity index is 1.40. The van der Waals surface area contributed by atoms with E-state index in [0.29, 0.717) is 38.7 Å². The molecule has 3 aromatic rings. The van der Waals surface area contributed by atoms with Crippen molar-refractivity contribution < 1.29 is 14.6 Å². The van der Waals surface area contributed by atoms with E-state index in [2.05, 4.69) is 64.1 Å². The lowest BCUT2D eigenvalue weighted by Crippen LogP contribution is -2.49. The van der Waals surface area contributed by atoms with Crippen LogP contribution >= 0.6 is 0 Å². The second kappa shape index (κ2) is 9.57. The van der Waals surface area contributed by atoms with Crippen LogP contribution in [0.3, 0.4) is 0 Å². The smallest absolute Gasteiger partial charge is 0.318 e. The fourth-order valence-electron chi connectivity index (χ4n) is 4.75. The van der Waals surface area contributed by atoms with E-state index in [4.69, 9.17) is 19.8 Å². The van der Waals surface area contributed by atoms with Crippen LogP contribution in [-0.2, 0) is 17.8 Å². The monoisotopic (exact) mass is 457 g/mol. The summed E-state index contributed by atoms with van der Waals surface area (Å²) in [6.07, 6.45) is 0.832. The first kappa shape index (κ1) is 22.0. The van der Waals surface area contributed by atoms with Crippen LogP contribution in [0.15, 0.2) is 42.5 Å². The zero-order valence-electron chi connectivity index (χ0n) is 19.2. The van der Waals surface area contributed by atoms with Crippen molar-refractivity contribution in [2.75, 3.05) is 56.2 Å². The van der Waals surface area contributed by atoms with Crippen molar-refractivity contribution >= 4 is 28.2 Å². The Labute approximate surface area is 198 Å². The zero-order chi connectivity index (χ0) is 23.5. The number of carbonyl (C=O) groups excluding carboxylic acids is 1. The van der Waals surface area contributed by atoms with Gasteiger partial charge in [0.2, 0.25) is 0 Å². The van der Waals surface area contributed by atoms with Gasteiger partial charge >= 0.3 is 6.01 Å². The van der Waals surface area contributed by atoms with Gasteiger partial charge in [0, 0.05) is 49.4 Å². The lowest BCUT2D eigenvalue weighted by molar-refractivity contribution is -0.125. The normalized spacial score (nSPS) is 15.5. The van der Waals surface area contributed by atoms with Gasteiger partial charge in [-0.25, -0.2) is 0 Å². The molecule has 0 spiro atoms. The van der Waals surface area contributed by atoms with Crippen molar-refractivity contribution in [2.45, 2.75) is 13.0 Å². The summed E-state index contributed by atoms with van der Waals surface area (Å²) >= 11 is 0. The van der Waals surface area contributed by atoms with Gasteiger partial charge in [-0.3, -0.25) is 4.79 Å². The van der Waals surface area contributed by atoms with Crippen LogP contribution in [0.2, 0.25) is 0 Å². The number of aromatic nitrogens is 2. The second-order valence-electron chi connectivity index (χ2n) is 8.37. The maximum atomic E-state index is 12.2. The van der Waals surface area contributed by atoms with Crippen molar-refractivity contribution in [3.05, 3.63) is 53.7 Å². The van der Waals surface area contributed by atoms with E-state index in [1.54, 1.807) is 12.0 Å². The van der Waals surface area contributed by atoms with Gasteiger partial charge < -0.3 is 24.5 Å². The Bertz CT molecular complexity index is 1270. The number of amides is 1. The van der Waals surface area contributed by atoms with Crippen LogP contribution in [-0.4, -0.2) is 72.3 Å². The Morgan fingerprint density at radius 2 is 1.82 bits per heavy atom. The third-order valence-corrected chi connectivity index (χ3v) is 6.45. The molecule has 0 aliphatic carbocycles. The summed E-state index contributed by atoms with van der Waals surface area (Å²) in [5, 5.41) is 11.3. The number of methoxy groups -OCH3 is 1. The molecule has 5 rings (SSSR count). The molecule has 2 aliphatic heterocycles. The van der Waals surface area contributed by atoms with E-state index >= 15 is 0 Å². The number of fused-ring (bicyclic) bond motifs is 2. The number of hydrogen-bond donors (Lipinski definition) is 1. The second-order valence-corrected chi connectivity index (χ2v) is 8.37. The molecule has 0 radical (unpaired) electrons. The van der Waals surface area contributed by atoms with Gasteiger partial charge in [-0.1, -0.05) is 42.3 Å². The van der Waals surface area contributed by atoms with E-state index in [1.807, 2.05) is 0 Å². The molecule has 174 valence electrons. The van der Waals surface area contributed by atoms with E-state index in [9.17, 15) is 4.79 Å². The SMILES string of the molecule is COc1nc2c(c(N3CCN(C(=O)C#CCO)CC3)n1)CCN(c1cccc3ccccc13)C2. The van der Waals surface area contributed by atoms with Gasteiger partial charge in [-0.2, -0.15) is 9.97 Å². The molecular formula is C26H27N5O3. The fraction of sp³-hybridized carbons (Fsp3) is 0.346. The maximum Gasteiger partial charge on any atom is 0.318 e. The van der Waals surface area contributed by atoms with E-state index in [-0.39, 0.29) is 12.5 Å². The fourth-order valence-corrected chi connectivity index (χ4v) is 4.75. The number of ether oxygens (including phenoxy) is 1. The average molecular weight is 458 g/mol. The van der Waals surface area contributed by atoms with E-state index in [0.717, 1.165) is 30.0 Å². The number of aliphatic hydroxyl groups is 1. The van der Waals surface area contributed by atoms with Crippen LogP contribution in [0, 0.1) is 11.8 Å². The first-order valence-electron chi connectivity index (χ1n) is 11.5. The molecule has 1 N–H and O–H groups in total. The number of rotatable bonds is 3. The van der Waals surface area contributed by atoms with Crippen molar-refractivity contribution in [3.8, 4) is 17.9 Å². The molecule has 1 saturated heterocycles. The largest absolute Gasteiger partial charge is 0.467 e. The number of nitrogens with zero attached hydrogens (tertiary/aromatic N) is 5. The maximum absolute atomic E-state index is 12.2. The average Bonchev–Trinajstić information content (AvgIpc) is 2.90. The summed E-state index contributed by atoms with van der Waals surface area (Å²) < 4.78 is 5.45. The minimum atomic E-state index is -0.311. The molecule has 2 aromatic carbocycles. The highest BCUT2D eigenvalue weighted by Crippen LogP contribution is 2.34. The third kappa shape index (κ3) is 4.22. The molecule has 3 heterocycles. The van der Waals surface area contributed by atoms with Gasteiger partial charge in [0.05, 0.1) is 19.3 Å². The Morgan fingerprint density at radius 1 is 1.03 bits per heavy atom. The number of piperazine rings is 1. The van der Waals surface area contributed by atoms with E-state index < -0.39 is 0 Å². The first-order chi connectivity index (χ1) is 16.7. The van der Waals surface area contributed by atoms with Gasteiger partial charge in [0.25, 0.3) is 5.91 Å². The summed E-state index contributed by atoms with van der Waals surface area (Å²) in [5.74, 6) is 5.55. The molecule has 8 heteroatoms.